The van der Waals surface area contributed by atoms with Gasteiger partial charge in [-0.3, -0.25) is 9.59 Å². The third-order valence-corrected chi connectivity index (χ3v) is 3.81. The van der Waals surface area contributed by atoms with Gasteiger partial charge in [-0.25, -0.2) is 0 Å². The molecule has 0 aliphatic carbocycles. The standard InChI is InChI=1S/C17H23N3O2/c1-12(21)15(18)7-4-5-9-19-17(22)10-13-11-20-16-8-3-2-6-14(13)16/h2-3,6,8,11,15,20H,4-5,7,9-10,18H2,1H3,(H,19,22). The molecule has 5 heteroatoms. The number of para-hydroxylation sites is 1. The summed E-state index contributed by atoms with van der Waals surface area (Å²) in [7, 11) is 0. The number of carbonyl (C=O) groups is 2. The van der Waals surface area contributed by atoms with Crippen LogP contribution in [0.1, 0.15) is 31.7 Å². The number of amides is 1. The predicted octanol–water partition coefficient (Wildman–Crippen LogP) is 1.91. The van der Waals surface area contributed by atoms with Crippen LogP contribution in [0, 0.1) is 0 Å². The quantitative estimate of drug-likeness (QED) is 0.651. The van der Waals surface area contributed by atoms with Gasteiger partial charge in [0.1, 0.15) is 5.78 Å². The maximum absolute atomic E-state index is 12.0. The number of hydrogen-bond acceptors (Lipinski definition) is 3. The monoisotopic (exact) mass is 301 g/mol. The molecule has 2 rings (SSSR count). The predicted molar refractivity (Wildman–Crippen MR) is 87.5 cm³/mol. The van der Waals surface area contributed by atoms with Gasteiger partial charge in [-0.1, -0.05) is 18.2 Å². The zero-order valence-corrected chi connectivity index (χ0v) is 12.9. The SMILES string of the molecule is CC(=O)C(N)CCCCNC(=O)Cc1c[nH]c2ccccc12. The normalized spacial score (nSPS) is 12.3. The van der Waals surface area contributed by atoms with Crippen molar-refractivity contribution in [1.29, 1.82) is 0 Å². The molecule has 4 N–H and O–H groups in total. The van der Waals surface area contributed by atoms with Crippen LogP contribution in [0.2, 0.25) is 0 Å². The van der Waals surface area contributed by atoms with Crippen molar-refractivity contribution in [1.82, 2.24) is 10.3 Å². The highest BCUT2D eigenvalue weighted by atomic mass is 16.1. The summed E-state index contributed by atoms with van der Waals surface area (Å²) < 4.78 is 0. The molecular formula is C17H23N3O2. The summed E-state index contributed by atoms with van der Waals surface area (Å²) in [5, 5.41) is 4.00. The Balaban J connectivity index is 1.71. The number of hydrogen-bond donors (Lipinski definition) is 3. The summed E-state index contributed by atoms with van der Waals surface area (Å²) in [6.07, 6.45) is 4.61. The Morgan fingerprint density at radius 3 is 2.82 bits per heavy atom. The fourth-order valence-electron chi connectivity index (χ4n) is 2.43. The van der Waals surface area contributed by atoms with Gasteiger partial charge in [0, 0.05) is 23.6 Å². The molecule has 22 heavy (non-hydrogen) atoms. The average Bonchev–Trinajstić information content (AvgIpc) is 2.90. The van der Waals surface area contributed by atoms with Gasteiger partial charge in [-0.15, -0.1) is 0 Å². The van der Waals surface area contributed by atoms with Crippen molar-refractivity contribution in [3.05, 3.63) is 36.0 Å². The second kappa shape index (κ2) is 7.75. The van der Waals surface area contributed by atoms with E-state index in [4.69, 9.17) is 5.73 Å². The molecule has 1 unspecified atom stereocenters. The molecule has 1 aromatic heterocycles. The lowest BCUT2D eigenvalue weighted by atomic mass is 10.1. The molecule has 0 fully saturated rings. The van der Waals surface area contributed by atoms with Gasteiger partial charge in [-0.2, -0.15) is 0 Å². The van der Waals surface area contributed by atoms with Crippen LogP contribution in [-0.2, 0) is 16.0 Å². The minimum Gasteiger partial charge on any atom is -0.361 e. The fraction of sp³-hybridized carbons (Fsp3) is 0.412. The molecule has 1 aromatic carbocycles. The van der Waals surface area contributed by atoms with E-state index in [0.717, 1.165) is 29.3 Å². The van der Waals surface area contributed by atoms with Crippen LogP contribution in [0.15, 0.2) is 30.5 Å². The maximum atomic E-state index is 12.0. The number of Topliss-reactive ketones (excluding diaryl/α,β-unsaturated/α-hetero) is 1. The Labute approximate surface area is 130 Å². The second-order valence-electron chi connectivity index (χ2n) is 5.60. The highest BCUT2D eigenvalue weighted by Gasteiger charge is 2.09. The Kier molecular flexibility index (Phi) is 5.72. The fourth-order valence-corrected chi connectivity index (χ4v) is 2.43. The lowest BCUT2D eigenvalue weighted by molar-refractivity contribution is -0.120. The van der Waals surface area contributed by atoms with Gasteiger partial charge >= 0.3 is 0 Å². The number of nitrogens with one attached hydrogen (secondary N) is 2. The first-order valence-electron chi connectivity index (χ1n) is 7.65. The third kappa shape index (κ3) is 4.43. The van der Waals surface area contributed by atoms with Gasteiger partial charge in [-0.05, 0) is 37.8 Å². The Morgan fingerprint density at radius 1 is 1.27 bits per heavy atom. The van der Waals surface area contributed by atoms with Crippen LogP contribution in [0.4, 0.5) is 0 Å². The minimum atomic E-state index is -0.373. The van der Waals surface area contributed by atoms with E-state index < -0.39 is 0 Å². The number of aromatic nitrogens is 1. The largest absolute Gasteiger partial charge is 0.361 e. The van der Waals surface area contributed by atoms with E-state index in [0.29, 0.717) is 19.4 Å². The molecule has 1 heterocycles. The van der Waals surface area contributed by atoms with Crippen molar-refractivity contribution in [2.75, 3.05) is 6.54 Å². The highest BCUT2D eigenvalue weighted by molar-refractivity contribution is 5.88. The van der Waals surface area contributed by atoms with Crippen LogP contribution in [0.5, 0.6) is 0 Å². The smallest absolute Gasteiger partial charge is 0.224 e. The molecule has 1 atom stereocenters. The number of ketones is 1. The van der Waals surface area contributed by atoms with Crippen molar-refractivity contribution >= 4 is 22.6 Å². The lowest BCUT2D eigenvalue weighted by Gasteiger charge is -2.08. The van der Waals surface area contributed by atoms with Crippen LogP contribution in [-0.4, -0.2) is 29.3 Å². The van der Waals surface area contributed by atoms with E-state index in [2.05, 4.69) is 10.3 Å². The van der Waals surface area contributed by atoms with Gasteiger partial charge in [0.25, 0.3) is 0 Å². The first-order chi connectivity index (χ1) is 10.6. The second-order valence-corrected chi connectivity index (χ2v) is 5.60. The molecule has 0 saturated carbocycles. The highest BCUT2D eigenvalue weighted by Crippen LogP contribution is 2.17. The number of unbranched alkanes of at least 4 members (excludes halogenated alkanes) is 1. The molecule has 0 aliphatic rings. The molecule has 0 aliphatic heterocycles. The summed E-state index contributed by atoms with van der Waals surface area (Å²) in [6.45, 7) is 2.12. The summed E-state index contributed by atoms with van der Waals surface area (Å²) in [5.74, 6) is 0.0315. The van der Waals surface area contributed by atoms with E-state index in [9.17, 15) is 9.59 Å². The third-order valence-electron chi connectivity index (χ3n) is 3.81. The average molecular weight is 301 g/mol. The number of aromatic amines is 1. The molecule has 5 nitrogen and oxygen atoms in total. The molecule has 0 radical (unpaired) electrons. The molecule has 0 bridgehead atoms. The van der Waals surface area contributed by atoms with Gasteiger partial charge in [0.2, 0.25) is 5.91 Å². The molecule has 1 amide bonds. The topological polar surface area (TPSA) is 88.0 Å². The van der Waals surface area contributed by atoms with Crippen molar-refractivity contribution in [2.45, 2.75) is 38.6 Å². The zero-order chi connectivity index (χ0) is 15.9. The van der Waals surface area contributed by atoms with E-state index in [1.807, 2.05) is 30.5 Å². The number of H-pyrrole nitrogens is 1. The minimum absolute atomic E-state index is 0.0145. The molecule has 2 aromatic rings. The molecule has 118 valence electrons. The summed E-state index contributed by atoms with van der Waals surface area (Å²) in [6, 6.07) is 7.57. The summed E-state index contributed by atoms with van der Waals surface area (Å²) in [4.78, 5) is 26.1. The van der Waals surface area contributed by atoms with Crippen molar-refractivity contribution in [3.63, 3.8) is 0 Å². The van der Waals surface area contributed by atoms with Crippen molar-refractivity contribution < 1.29 is 9.59 Å². The number of carbonyl (C=O) groups excluding carboxylic acids is 2. The van der Waals surface area contributed by atoms with E-state index in [-0.39, 0.29) is 17.7 Å². The van der Waals surface area contributed by atoms with Crippen LogP contribution in [0.3, 0.4) is 0 Å². The molecular weight excluding hydrogens is 278 g/mol. The van der Waals surface area contributed by atoms with Crippen molar-refractivity contribution in [2.24, 2.45) is 5.73 Å². The van der Waals surface area contributed by atoms with Gasteiger partial charge in [0.15, 0.2) is 0 Å². The van der Waals surface area contributed by atoms with Crippen LogP contribution < -0.4 is 11.1 Å². The Hall–Kier alpha value is -2.14. The summed E-state index contributed by atoms with van der Waals surface area (Å²) >= 11 is 0. The first kappa shape index (κ1) is 16.2. The van der Waals surface area contributed by atoms with Crippen LogP contribution in [0.25, 0.3) is 10.9 Å². The Bertz CT molecular complexity index is 648. The maximum Gasteiger partial charge on any atom is 0.224 e. The van der Waals surface area contributed by atoms with Crippen LogP contribution >= 0.6 is 0 Å². The van der Waals surface area contributed by atoms with E-state index in [1.165, 1.54) is 6.92 Å². The first-order valence-corrected chi connectivity index (χ1v) is 7.65. The Morgan fingerprint density at radius 2 is 2.05 bits per heavy atom. The number of fused-ring (bicyclic) bond motifs is 1. The molecule has 0 saturated heterocycles. The number of nitrogens with two attached hydrogens (primary N) is 1. The number of benzene rings is 1. The zero-order valence-electron chi connectivity index (χ0n) is 12.9. The summed E-state index contributed by atoms with van der Waals surface area (Å²) in [5.41, 5.74) is 7.71. The lowest BCUT2D eigenvalue weighted by Crippen LogP contribution is -2.29. The van der Waals surface area contributed by atoms with E-state index >= 15 is 0 Å². The van der Waals surface area contributed by atoms with Crippen molar-refractivity contribution in [3.8, 4) is 0 Å². The van der Waals surface area contributed by atoms with Gasteiger partial charge < -0.3 is 16.0 Å². The number of rotatable bonds is 8. The molecule has 0 spiro atoms. The van der Waals surface area contributed by atoms with E-state index in [1.54, 1.807) is 0 Å². The van der Waals surface area contributed by atoms with Gasteiger partial charge in [0.05, 0.1) is 12.5 Å².